The molecule has 3 aromatic rings. The van der Waals surface area contributed by atoms with Crippen molar-refractivity contribution in [3.8, 4) is 5.75 Å². The second kappa shape index (κ2) is 7.31. The van der Waals surface area contributed by atoms with E-state index in [4.69, 9.17) is 16.3 Å². The van der Waals surface area contributed by atoms with Crippen molar-refractivity contribution in [2.45, 2.75) is 0 Å². The number of hydrogen-bond donors (Lipinski definition) is 2. The van der Waals surface area contributed by atoms with Gasteiger partial charge in [0.2, 0.25) is 5.95 Å². The molecule has 0 atom stereocenters. The molecule has 0 fully saturated rings. The van der Waals surface area contributed by atoms with Crippen LogP contribution in [0.5, 0.6) is 5.75 Å². The van der Waals surface area contributed by atoms with Gasteiger partial charge in [-0.05, 0) is 36.4 Å². The molecule has 0 aliphatic heterocycles. The van der Waals surface area contributed by atoms with Crippen LogP contribution in [0, 0.1) is 11.6 Å². The zero-order valence-corrected chi connectivity index (χ0v) is 13.8. The first-order valence-corrected chi connectivity index (χ1v) is 7.58. The number of halogens is 3. The molecule has 3 rings (SSSR count). The lowest BCUT2D eigenvalue weighted by Gasteiger charge is -2.10. The Hall–Kier alpha value is -2.93. The maximum atomic E-state index is 13.7. The van der Waals surface area contributed by atoms with Crippen molar-refractivity contribution >= 4 is 34.7 Å². The van der Waals surface area contributed by atoms with Gasteiger partial charge in [0.15, 0.2) is 0 Å². The highest BCUT2D eigenvalue weighted by molar-refractivity contribution is 6.32. The van der Waals surface area contributed by atoms with Crippen LogP contribution in [0.2, 0.25) is 5.02 Å². The number of benzene rings is 2. The zero-order valence-electron chi connectivity index (χ0n) is 13.1. The third-order valence-corrected chi connectivity index (χ3v) is 3.55. The molecule has 0 saturated carbocycles. The lowest BCUT2D eigenvalue weighted by molar-refractivity contribution is 0.415. The van der Waals surface area contributed by atoms with E-state index in [0.717, 1.165) is 12.1 Å². The van der Waals surface area contributed by atoms with E-state index in [1.807, 2.05) is 0 Å². The summed E-state index contributed by atoms with van der Waals surface area (Å²) in [5, 5.41) is 6.21. The van der Waals surface area contributed by atoms with Crippen molar-refractivity contribution in [3.05, 3.63) is 65.3 Å². The Bertz CT molecular complexity index is 908. The highest BCUT2D eigenvalue weighted by atomic mass is 35.5. The molecule has 0 saturated heterocycles. The molecule has 0 radical (unpaired) electrons. The number of methoxy groups -OCH3 is 1. The topological polar surface area (TPSA) is 59.1 Å². The van der Waals surface area contributed by atoms with Crippen molar-refractivity contribution in [3.63, 3.8) is 0 Å². The maximum absolute atomic E-state index is 13.7. The van der Waals surface area contributed by atoms with Gasteiger partial charge in [0.1, 0.15) is 23.2 Å². The Balaban J connectivity index is 1.78. The summed E-state index contributed by atoms with van der Waals surface area (Å²) in [6.07, 6.45) is 1.50. The molecule has 1 heterocycles. The highest BCUT2D eigenvalue weighted by Crippen LogP contribution is 2.28. The van der Waals surface area contributed by atoms with Crippen LogP contribution in [0.15, 0.2) is 48.7 Å². The van der Waals surface area contributed by atoms with Crippen LogP contribution in [0.4, 0.5) is 31.9 Å². The predicted molar refractivity (Wildman–Crippen MR) is 93.0 cm³/mol. The molecular weight excluding hydrogens is 350 g/mol. The minimum Gasteiger partial charge on any atom is -0.495 e. The van der Waals surface area contributed by atoms with Crippen molar-refractivity contribution in [2.24, 2.45) is 0 Å². The van der Waals surface area contributed by atoms with E-state index in [2.05, 4.69) is 20.6 Å². The average molecular weight is 363 g/mol. The number of anilines is 4. The summed E-state index contributed by atoms with van der Waals surface area (Å²) in [5.41, 5.74) is 0.773. The summed E-state index contributed by atoms with van der Waals surface area (Å²) in [4.78, 5) is 8.33. The highest BCUT2D eigenvalue weighted by Gasteiger charge is 2.07. The number of nitrogens with one attached hydrogen (secondary N) is 2. The van der Waals surface area contributed by atoms with Crippen molar-refractivity contribution < 1.29 is 13.5 Å². The van der Waals surface area contributed by atoms with Gasteiger partial charge >= 0.3 is 0 Å². The number of aromatic nitrogens is 2. The fraction of sp³-hybridized carbons (Fsp3) is 0.0588. The van der Waals surface area contributed by atoms with Gasteiger partial charge < -0.3 is 15.4 Å². The van der Waals surface area contributed by atoms with Gasteiger partial charge in [-0.1, -0.05) is 11.6 Å². The molecule has 0 unspecified atom stereocenters. The Morgan fingerprint density at radius 3 is 2.60 bits per heavy atom. The monoisotopic (exact) mass is 362 g/mol. The van der Waals surface area contributed by atoms with E-state index in [1.165, 1.54) is 19.4 Å². The summed E-state index contributed by atoms with van der Waals surface area (Å²) in [6, 6.07) is 9.95. The summed E-state index contributed by atoms with van der Waals surface area (Å²) in [7, 11) is 1.53. The normalized spacial score (nSPS) is 10.4. The SMILES string of the molecule is COc1ccc(Nc2nccc(Nc3ccc(F)cc3F)n2)cc1Cl. The molecule has 128 valence electrons. The molecular formula is C17H13ClF2N4O. The summed E-state index contributed by atoms with van der Waals surface area (Å²) in [5.74, 6) is -0.175. The zero-order chi connectivity index (χ0) is 17.8. The van der Waals surface area contributed by atoms with Crippen LogP contribution in [-0.4, -0.2) is 17.1 Å². The second-order valence-electron chi connectivity index (χ2n) is 4.99. The Morgan fingerprint density at radius 1 is 1.04 bits per heavy atom. The average Bonchev–Trinajstić information content (AvgIpc) is 2.58. The first kappa shape index (κ1) is 16.9. The molecule has 2 N–H and O–H groups in total. The van der Waals surface area contributed by atoms with Crippen molar-refractivity contribution in [2.75, 3.05) is 17.7 Å². The van der Waals surface area contributed by atoms with Gasteiger partial charge in [0.25, 0.3) is 0 Å². The quantitative estimate of drug-likeness (QED) is 0.675. The number of rotatable bonds is 5. The fourth-order valence-electron chi connectivity index (χ4n) is 2.09. The van der Waals surface area contributed by atoms with Gasteiger partial charge in [-0.3, -0.25) is 0 Å². The molecule has 0 aliphatic carbocycles. The second-order valence-corrected chi connectivity index (χ2v) is 5.40. The van der Waals surface area contributed by atoms with Crippen LogP contribution >= 0.6 is 11.6 Å². The van der Waals surface area contributed by atoms with E-state index < -0.39 is 11.6 Å². The van der Waals surface area contributed by atoms with Gasteiger partial charge in [-0.2, -0.15) is 4.98 Å². The van der Waals surface area contributed by atoms with Gasteiger partial charge in [0, 0.05) is 18.0 Å². The van der Waals surface area contributed by atoms with Gasteiger partial charge in [-0.25, -0.2) is 13.8 Å². The first-order valence-electron chi connectivity index (χ1n) is 7.21. The molecule has 5 nitrogen and oxygen atoms in total. The van der Waals surface area contributed by atoms with Crippen molar-refractivity contribution in [1.82, 2.24) is 9.97 Å². The van der Waals surface area contributed by atoms with Crippen LogP contribution < -0.4 is 15.4 Å². The molecule has 25 heavy (non-hydrogen) atoms. The van der Waals surface area contributed by atoms with Crippen LogP contribution in [-0.2, 0) is 0 Å². The van der Waals surface area contributed by atoms with E-state index in [-0.39, 0.29) is 11.6 Å². The molecule has 8 heteroatoms. The molecule has 2 aromatic carbocycles. The molecule has 0 spiro atoms. The third kappa shape index (κ3) is 4.13. The minimum atomic E-state index is -0.713. The lowest BCUT2D eigenvalue weighted by atomic mass is 10.3. The van der Waals surface area contributed by atoms with Gasteiger partial charge in [0.05, 0.1) is 17.8 Å². The standard InChI is InChI=1S/C17H13ClF2N4O/c1-25-15-5-3-11(9-12(15)18)22-17-21-7-6-16(24-17)23-14-4-2-10(19)8-13(14)20/h2-9H,1H3,(H2,21,22,23,24). The number of hydrogen-bond acceptors (Lipinski definition) is 5. The Kier molecular flexibility index (Phi) is 4.95. The van der Waals surface area contributed by atoms with E-state index in [9.17, 15) is 8.78 Å². The fourth-order valence-corrected chi connectivity index (χ4v) is 2.35. The van der Waals surface area contributed by atoms with E-state index in [0.29, 0.717) is 22.3 Å². The predicted octanol–water partition coefficient (Wildman–Crippen LogP) is 4.90. The largest absolute Gasteiger partial charge is 0.495 e. The van der Waals surface area contributed by atoms with Crippen LogP contribution in [0.1, 0.15) is 0 Å². The van der Waals surface area contributed by atoms with E-state index >= 15 is 0 Å². The Labute approximate surface area is 147 Å². The van der Waals surface area contributed by atoms with Gasteiger partial charge in [-0.15, -0.1) is 0 Å². The molecule has 0 aliphatic rings. The Morgan fingerprint density at radius 2 is 1.88 bits per heavy atom. The number of nitrogens with zero attached hydrogens (tertiary/aromatic N) is 2. The van der Waals surface area contributed by atoms with Crippen LogP contribution in [0.25, 0.3) is 0 Å². The lowest BCUT2D eigenvalue weighted by Crippen LogP contribution is -2.01. The maximum Gasteiger partial charge on any atom is 0.229 e. The van der Waals surface area contributed by atoms with Crippen molar-refractivity contribution in [1.29, 1.82) is 0 Å². The van der Waals surface area contributed by atoms with E-state index in [1.54, 1.807) is 24.3 Å². The summed E-state index contributed by atoms with van der Waals surface area (Å²) < 4.78 is 31.8. The molecule has 1 aromatic heterocycles. The smallest absolute Gasteiger partial charge is 0.229 e. The molecule has 0 amide bonds. The minimum absolute atomic E-state index is 0.110. The number of ether oxygens (including phenoxy) is 1. The summed E-state index contributed by atoms with van der Waals surface area (Å²) in [6.45, 7) is 0. The first-order chi connectivity index (χ1) is 12.0. The summed E-state index contributed by atoms with van der Waals surface area (Å²) >= 11 is 6.07. The van der Waals surface area contributed by atoms with Crippen LogP contribution in [0.3, 0.4) is 0 Å². The molecule has 0 bridgehead atoms. The third-order valence-electron chi connectivity index (χ3n) is 3.26.